The number of nitrogens with one attached hydrogen (secondary N) is 2. The molecule has 7 nitrogen and oxygen atoms in total. The van der Waals surface area contributed by atoms with E-state index < -0.39 is 5.97 Å². The molecule has 0 aromatic carbocycles. The Morgan fingerprint density at radius 2 is 2.10 bits per heavy atom. The number of aliphatic carboxylic acids is 1. The molecular weight excluding hydrogens is 262 g/mol. The highest BCUT2D eigenvalue weighted by molar-refractivity contribution is 5.76. The van der Waals surface area contributed by atoms with Crippen molar-refractivity contribution in [2.45, 2.75) is 39.2 Å². The van der Waals surface area contributed by atoms with E-state index in [-0.39, 0.29) is 30.3 Å². The maximum Gasteiger partial charge on any atom is 0.317 e. The van der Waals surface area contributed by atoms with Crippen molar-refractivity contribution in [3.63, 3.8) is 0 Å². The van der Waals surface area contributed by atoms with Crippen molar-refractivity contribution in [1.82, 2.24) is 15.5 Å². The Morgan fingerprint density at radius 1 is 1.40 bits per heavy atom. The second-order valence-electron chi connectivity index (χ2n) is 5.19. The first kappa shape index (κ1) is 16.3. The molecule has 2 unspecified atom stereocenters. The number of hydrogen-bond donors (Lipinski definition) is 3. The Labute approximate surface area is 118 Å². The fourth-order valence-electron chi connectivity index (χ4n) is 2.30. The zero-order chi connectivity index (χ0) is 15.1. The number of carbonyl (C=O) groups excluding carboxylic acids is 2. The van der Waals surface area contributed by atoms with Crippen molar-refractivity contribution in [3.05, 3.63) is 0 Å². The molecule has 114 valence electrons. The van der Waals surface area contributed by atoms with E-state index in [2.05, 4.69) is 10.6 Å². The van der Waals surface area contributed by atoms with Gasteiger partial charge < -0.3 is 20.6 Å². The van der Waals surface area contributed by atoms with Gasteiger partial charge in [-0.2, -0.15) is 0 Å². The lowest BCUT2D eigenvalue weighted by molar-refractivity contribution is -0.138. The number of amides is 3. The monoisotopic (exact) mass is 285 g/mol. The molecule has 3 N–H and O–H groups in total. The average molecular weight is 285 g/mol. The highest BCUT2D eigenvalue weighted by atomic mass is 16.4. The molecular formula is C13H23N3O4. The number of carboxylic acids is 1. The van der Waals surface area contributed by atoms with Crippen LogP contribution in [0.4, 0.5) is 4.79 Å². The van der Waals surface area contributed by atoms with E-state index in [4.69, 9.17) is 5.11 Å². The minimum Gasteiger partial charge on any atom is -0.481 e. The lowest BCUT2D eigenvalue weighted by atomic mass is 10.0. The molecule has 1 aliphatic rings. The number of urea groups is 1. The number of rotatable bonds is 6. The van der Waals surface area contributed by atoms with Gasteiger partial charge in [-0.05, 0) is 12.3 Å². The summed E-state index contributed by atoms with van der Waals surface area (Å²) in [6.45, 7) is 4.83. The first-order chi connectivity index (χ1) is 9.42. The maximum atomic E-state index is 11.9. The van der Waals surface area contributed by atoms with Crippen molar-refractivity contribution in [2.75, 3.05) is 19.6 Å². The number of nitrogens with zero attached hydrogens (tertiary/aromatic N) is 1. The summed E-state index contributed by atoms with van der Waals surface area (Å²) >= 11 is 0. The smallest absolute Gasteiger partial charge is 0.317 e. The molecule has 1 rings (SSSR count). The van der Waals surface area contributed by atoms with Gasteiger partial charge in [-0.15, -0.1) is 0 Å². The predicted octanol–water partition coefficient (Wildman–Crippen LogP) is 0.407. The average Bonchev–Trinajstić information content (AvgIpc) is 2.81. The second-order valence-corrected chi connectivity index (χ2v) is 5.19. The maximum absolute atomic E-state index is 11.9. The molecule has 3 amide bonds. The summed E-state index contributed by atoms with van der Waals surface area (Å²) in [4.78, 5) is 35.2. The van der Waals surface area contributed by atoms with Crippen LogP contribution in [0.25, 0.3) is 0 Å². The summed E-state index contributed by atoms with van der Waals surface area (Å²) in [5.74, 6) is -0.993. The molecule has 1 fully saturated rings. The number of carboxylic acid groups (broad SMARTS) is 1. The van der Waals surface area contributed by atoms with Crippen LogP contribution in [0, 0.1) is 5.92 Å². The number of likely N-dealkylation sites (tertiary alicyclic amines) is 1. The van der Waals surface area contributed by atoms with Gasteiger partial charge in [0.25, 0.3) is 0 Å². The van der Waals surface area contributed by atoms with E-state index >= 15 is 0 Å². The molecule has 1 saturated heterocycles. The molecule has 0 bridgehead atoms. The molecule has 0 aromatic rings. The SMILES string of the molecule is CCC(CNC(=O)N1CCC(NC(C)=O)C1)CC(=O)O. The third kappa shape index (κ3) is 5.46. The Hall–Kier alpha value is -1.79. The first-order valence-electron chi connectivity index (χ1n) is 6.94. The minimum absolute atomic E-state index is 0.0132. The second kappa shape index (κ2) is 7.72. The fourth-order valence-corrected chi connectivity index (χ4v) is 2.30. The van der Waals surface area contributed by atoms with Crippen molar-refractivity contribution in [3.8, 4) is 0 Å². The summed E-state index contributed by atoms with van der Waals surface area (Å²) in [5.41, 5.74) is 0. The van der Waals surface area contributed by atoms with Crippen LogP contribution in [-0.4, -0.2) is 53.6 Å². The van der Waals surface area contributed by atoms with Gasteiger partial charge in [-0.25, -0.2) is 4.79 Å². The summed E-state index contributed by atoms with van der Waals surface area (Å²) in [6.07, 6.45) is 1.52. The zero-order valence-corrected chi connectivity index (χ0v) is 12.0. The molecule has 20 heavy (non-hydrogen) atoms. The van der Waals surface area contributed by atoms with Gasteiger partial charge >= 0.3 is 12.0 Å². The standard InChI is InChI=1S/C13H23N3O4/c1-3-10(6-12(18)19)7-14-13(20)16-5-4-11(8-16)15-9(2)17/h10-11H,3-8H2,1-2H3,(H,14,20)(H,15,17)(H,18,19). The van der Waals surface area contributed by atoms with Crippen LogP contribution in [0.15, 0.2) is 0 Å². The van der Waals surface area contributed by atoms with Crippen LogP contribution >= 0.6 is 0 Å². The van der Waals surface area contributed by atoms with E-state index in [1.165, 1.54) is 6.92 Å². The van der Waals surface area contributed by atoms with E-state index in [9.17, 15) is 14.4 Å². The zero-order valence-electron chi connectivity index (χ0n) is 12.0. The van der Waals surface area contributed by atoms with Crippen molar-refractivity contribution in [2.24, 2.45) is 5.92 Å². The van der Waals surface area contributed by atoms with Crippen LogP contribution in [0.3, 0.4) is 0 Å². The van der Waals surface area contributed by atoms with Crippen LogP contribution in [0.5, 0.6) is 0 Å². The highest BCUT2D eigenvalue weighted by Gasteiger charge is 2.26. The quantitative estimate of drug-likeness (QED) is 0.658. The Bertz CT molecular complexity index is 373. The van der Waals surface area contributed by atoms with E-state index in [0.717, 1.165) is 6.42 Å². The van der Waals surface area contributed by atoms with Crippen LogP contribution in [0.2, 0.25) is 0 Å². The number of carbonyl (C=O) groups is 3. The van der Waals surface area contributed by atoms with Crippen LogP contribution in [-0.2, 0) is 9.59 Å². The Morgan fingerprint density at radius 3 is 2.65 bits per heavy atom. The predicted molar refractivity (Wildman–Crippen MR) is 73.2 cm³/mol. The lowest BCUT2D eigenvalue weighted by Crippen LogP contribution is -2.43. The van der Waals surface area contributed by atoms with Gasteiger partial charge in [0.05, 0.1) is 0 Å². The van der Waals surface area contributed by atoms with E-state index in [0.29, 0.717) is 26.1 Å². The molecule has 0 spiro atoms. The normalized spacial score (nSPS) is 19.5. The van der Waals surface area contributed by atoms with Crippen molar-refractivity contribution >= 4 is 17.9 Å². The van der Waals surface area contributed by atoms with Gasteiger partial charge in [0.15, 0.2) is 0 Å². The molecule has 0 saturated carbocycles. The van der Waals surface area contributed by atoms with Crippen LogP contribution < -0.4 is 10.6 Å². The summed E-state index contributed by atoms with van der Waals surface area (Å²) < 4.78 is 0. The fraction of sp³-hybridized carbons (Fsp3) is 0.769. The van der Waals surface area contributed by atoms with Gasteiger partial charge in [0.2, 0.25) is 5.91 Å². The van der Waals surface area contributed by atoms with Gasteiger partial charge in [0.1, 0.15) is 0 Å². The summed E-state index contributed by atoms with van der Waals surface area (Å²) in [6, 6.07) is -0.180. The first-order valence-corrected chi connectivity index (χ1v) is 6.94. The molecule has 0 aliphatic carbocycles. The third-order valence-corrected chi connectivity index (χ3v) is 3.47. The van der Waals surface area contributed by atoms with Gasteiger partial charge in [0, 0.05) is 39.0 Å². The van der Waals surface area contributed by atoms with Crippen molar-refractivity contribution < 1.29 is 19.5 Å². The van der Waals surface area contributed by atoms with Gasteiger partial charge in [-0.3, -0.25) is 9.59 Å². The number of hydrogen-bond acceptors (Lipinski definition) is 3. The molecule has 0 aromatic heterocycles. The van der Waals surface area contributed by atoms with E-state index in [1.54, 1.807) is 4.90 Å². The molecule has 0 radical (unpaired) electrons. The minimum atomic E-state index is -0.849. The largest absolute Gasteiger partial charge is 0.481 e. The Balaban J connectivity index is 2.32. The third-order valence-electron chi connectivity index (χ3n) is 3.47. The summed E-state index contributed by atoms with van der Waals surface area (Å²) in [7, 11) is 0. The lowest BCUT2D eigenvalue weighted by Gasteiger charge is -2.20. The molecule has 2 atom stereocenters. The summed E-state index contributed by atoms with van der Waals surface area (Å²) in [5, 5.41) is 14.3. The molecule has 1 aliphatic heterocycles. The van der Waals surface area contributed by atoms with Gasteiger partial charge in [-0.1, -0.05) is 13.3 Å². The molecule has 1 heterocycles. The topological polar surface area (TPSA) is 98.7 Å². The highest BCUT2D eigenvalue weighted by Crippen LogP contribution is 2.10. The van der Waals surface area contributed by atoms with E-state index in [1.807, 2.05) is 6.92 Å². The Kier molecular flexibility index (Phi) is 6.27. The van der Waals surface area contributed by atoms with Crippen molar-refractivity contribution in [1.29, 1.82) is 0 Å². The van der Waals surface area contributed by atoms with Crippen LogP contribution in [0.1, 0.15) is 33.1 Å². The molecule has 7 heteroatoms.